The van der Waals surface area contributed by atoms with Crippen LogP contribution in [-0.4, -0.2) is 45.1 Å². The molecule has 0 bridgehead atoms. The van der Waals surface area contributed by atoms with Crippen molar-refractivity contribution in [3.05, 3.63) is 42.5 Å². The SMILES string of the molecule is CC(C)CN(C)C(=O)Cn1cc(NC(=O)c2ccccn2)cn1. The Kier molecular flexibility index (Phi) is 5.46. The van der Waals surface area contributed by atoms with E-state index >= 15 is 0 Å². The van der Waals surface area contributed by atoms with Crippen molar-refractivity contribution < 1.29 is 9.59 Å². The zero-order valence-electron chi connectivity index (χ0n) is 13.6. The van der Waals surface area contributed by atoms with Gasteiger partial charge in [0.2, 0.25) is 5.91 Å². The van der Waals surface area contributed by atoms with Crippen molar-refractivity contribution in [2.45, 2.75) is 20.4 Å². The minimum Gasteiger partial charge on any atom is -0.344 e. The lowest BCUT2D eigenvalue weighted by Gasteiger charge is -2.19. The van der Waals surface area contributed by atoms with Gasteiger partial charge in [0.25, 0.3) is 5.91 Å². The predicted molar refractivity (Wildman–Crippen MR) is 86.9 cm³/mol. The Morgan fingerprint density at radius 3 is 2.78 bits per heavy atom. The first-order valence-corrected chi connectivity index (χ1v) is 7.44. The van der Waals surface area contributed by atoms with Gasteiger partial charge in [-0.15, -0.1) is 0 Å². The quantitative estimate of drug-likeness (QED) is 0.879. The molecule has 0 aliphatic rings. The van der Waals surface area contributed by atoms with Gasteiger partial charge in [-0.3, -0.25) is 19.3 Å². The Hall–Kier alpha value is -2.70. The van der Waals surface area contributed by atoms with Crippen molar-refractivity contribution in [1.29, 1.82) is 0 Å². The lowest BCUT2D eigenvalue weighted by Crippen LogP contribution is -2.33. The Bertz CT molecular complexity index is 666. The number of aromatic nitrogens is 3. The van der Waals surface area contributed by atoms with E-state index in [0.717, 1.165) is 0 Å². The molecule has 0 aromatic carbocycles. The first kappa shape index (κ1) is 16.7. The molecule has 0 fully saturated rings. The van der Waals surface area contributed by atoms with Gasteiger partial charge in [0.05, 0.1) is 11.9 Å². The largest absolute Gasteiger partial charge is 0.344 e. The lowest BCUT2D eigenvalue weighted by atomic mass is 10.2. The van der Waals surface area contributed by atoms with Crippen LogP contribution in [0.15, 0.2) is 36.8 Å². The van der Waals surface area contributed by atoms with Crippen LogP contribution in [-0.2, 0) is 11.3 Å². The Morgan fingerprint density at radius 2 is 2.13 bits per heavy atom. The summed E-state index contributed by atoms with van der Waals surface area (Å²) in [6, 6.07) is 5.12. The molecule has 122 valence electrons. The average Bonchev–Trinajstić information content (AvgIpc) is 2.94. The number of likely N-dealkylation sites (N-methyl/N-ethyl adjacent to an activating group) is 1. The molecular formula is C16H21N5O2. The standard InChI is InChI=1S/C16H21N5O2/c1-12(2)9-20(3)15(22)11-21-10-13(8-18-21)19-16(23)14-6-4-5-7-17-14/h4-8,10,12H,9,11H2,1-3H3,(H,19,23). The molecule has 0 unspecified atom stereocenters. The molecule has 1 N–H and O–H groups in total. The highest BCUT2D eigenvalue weighted by molar-refractivity contribution is 6.02. The highest BCUT2D eigenvalue weighted by Gasteiger charge is 2.13. The summed E-state index contributed by atoms with van der Waals surface area (Å²) < 4.78 is 1.51. The van der Waals surface area contributed by atoms with Gasteiger partial charge in [-0.1, -0.05) is 19.9 Å². The molecule has 0 radical (unpaired) electrons. The molecule has 2 aromatic heterocycles. The van der Waals surface area contributed by atoms with Gasteiger partial charge in [-0.2, -0.15) is 5.10 Å². The molecule has 7 nitrogen and oxygen atoms in total. The summed E-state index contributed by atoms with van der Waals surface area (Å²) in [5.41, 5.74) is 0.855. The van der Waals surface area contributed by atoms with Crippen molar-refractivity contribution in [3.8, 4) is 0 Å². The maximum atomic E-state index is 12.1. The first-order valence-electron chi connectivity index (χ1n) is 7.44. The van der Waals surface area contributed by atoms with Gasteiger partial charge in [0.15, 0.2) is 0 Å². The Morgan fingerprint density at radius 1 is 1.35 bits per heavy atom. The molecule has 2 amide bonds. The number of rotatable bonds is 6. The number of anilines is 1. The van der Waals surface area contributed by atoms with Crippen molar-refractivity contribution in [3.63, 3.8) is 0 Å². The summed E-state index contributed by atoms with van der Waals surface area (Å²) in [5, 5.41) is 6.80. The fraction of sp³-hybridized carbons (Fsp3) is 0.375. The molecule has 0 aliphatic heterocycles. The normalized spacial score (nSPS) is 10.6. The van der Waals surface area contributed by atoms with Gasteiger partial charge in [0, 0.05) is 26.0 Å². The maximum absolute atomic E-state index is 12.1. The minimum absolute atomic E-state index is 0.0237. The number of nitrogens with one attached hydrogen (secondary N) is 1. The van der Waals surface area contributed by atoms with Crippen molar-refractivity contribution in [2.24, 2.45) is 5.92 Å². The molecule has 0 atom stereocenters. The smallest absolute Gasteiger partial charge is 0.274 e. The topological polar surface area (TPSA) is 80.1 Å². The number of hydrogen-bond donors (Lipinski definition) is 1. The van der Waals surface area contributed by atoms with Crippen molar-refractivity contribution >= 4 is 17.5 Å². The van der Waals surface area contributed by atoms with E-state index in [9.17, 15) is 9.59 Å². The van der Waals surface area contributed by atoms with E-state index in [4.69, 9.17) is 0 Å². The molecule has 2 heterocycles. The fourth-order valence-corrected chi connectivity index (χ4v) is 2.12. The average molecular weight is 315 g/mol. The van der Waals surface area contributed by atoms with E-state index in [1.807, 2.05) is 0 Å². The summed E-state index contributed by atoms with van der Waals surface area (Å²) in [6.07, 6.45) is 4.69. The van der Waals surface area contributed by atoms with E-state index < -0.39 is 0 Å². The number of pyridine rings is 1. The van der Waals surface area contributed by atoms with Crippen LogP contribution in [0.2, 0.25) is 0 Å². The van der Waals surface area contributed by atoms with Crippen LogP contribution in [0.3, 0.4) is 0 Å². The lowest BCUT2D eigenvalue weighted by molar-refractivity contribution is -0.131. The Balaban J connectivity index is 1.93. The zero-order valence-corrected chi connectivity index (χ0v) is 13.6. The minimum atomic E-state index is -0.312. The molecule has 7 heteroatoms. The van der Waals surface area contributed by atoms with Gasteiger partial charge >= 0.3 is 0 Å². The molecular weight excluding hydrogens is 294 g/mol. The second-order valence-electron chi connectivity index (χ2n) is 5.76. The van der Waals surface area contributed by atoms with Gasteiger partial charge in [-0.05, 0) is 18.1 Å². The second kappa shape index (κ2) is 7.53. The molecule has 2 aromatic rings. The molecule has 2 rings (SSSR count). The third-order valence-corrected chi connectivity index (χ3v) is 3.15. The molecule has 0 spiro atoms. The monoisotopic (exact) mass is 315 g/mol. The van der Waals surface area contributed by atoms with Gasteiger partial charge < -0.3 is 10.2 Å². The molecule has 23 heavy (non-hydrogen) atoms. The summed E-state index contributed by atoms with van der Waals surface area (Å²) in [6.45, 7) is 4.96. The summed E-state index contributed by atoms with van der Waals surface area (Å²) >= 11 is 0. The third-order valence-electron chi connectivity index (χ3n) is 3.15. The molecule has 0 saturated heterocycles. The fourth-order valence-electron chi connectivity index (χ4n) is 2.12. The number of amides is 2. The number of hydrogen-bond acceptors (Lipinski definition) is 4. The molecule has 0 saturated carbocycles. The summed E-state index contributed by atoms with van der Waals surface area (Å²) in [7, 11) is 1.77. The highest BCUT2D eigenvalue weighted by Crippen LogP contribution is 2.07. The maximum Gasteiger partial charge on any atom is 0.274 e. The summed E-state index contributed by atoms with van der Waals surface area (Å²) in [5.74, 6) is 0.0765. The van der Waals surface area contributed by atoms with Crippen LogP contribution in [0.1, 0.15) is 24.3 Å². The van der Waals surface area contributed by atoms with E-state index in [1.165, 1.54) is 10.9 Å². The van der Waals surface area contributed by atoms with Crippen LogP contribution in [0, 0.1) is 5.92 Å². The third kappa shape index (κ3) is 4.91. The highest BCUT2D eigenvalue weighted by atomic mass is 16.2. The van der Waals surface area contributed by atoms with E-state index in [2.05, 4.69) is 29.2 Å². The van der Waals surface area contributed by atoms with Crippen molar-refractivity contribution in [1.82, 2.24) is 19.7 Å². The molecule has 0 aliphatic carbocycles. The van der Waals surface area contributed by atoms with Gasteiger partial charge in [0.1, 0.15) is 12.2 Å². The summed E-state index contributed by atoms with van der Waals surface area (Å²) in [4.78, 5) is 29.7. The van der Waals surface area contributed by atoms with Crippen LogP contribution in [0.25, 0.3) is 0 Å². The second-order valence-corrected chi connectivity index (χ2v) is 5.76. The number of carbonyl (C=O) groups excluding carboxylic acids is 2. The number of nitrogens with zero attached hydrogens (tertiary/aromatic N) is 4. The Labute approximate surface area is 135 Å². The van der Waals surface area contributed by atoms with Crippen LogP contribution in [0.5, 0.6) is 0 Å². The number of carbonyl (C=O) groups is 2. The van der Waals surface area contributed by atoms with E-state index in [-0.39, 0.29) is 18.4 Å². The zero-order chi connectivity index (χ0) is 16.8. The van der Waals surface area contributed by atoms with E-state index in [1.54, 1.807) is 42.5 Å². The predicted octanol–water partition coefficient (Wildman–Crippen LogP) is 1.64. The van der Waals surface area contributed by atoms with Crippen LogP contribution in [0.4, 0.5) is 5.69 Å². The van der Waals surface area contributed by atoms with Crippen molar-refractivity contribution in [2.75, 3.05) is 18.9 Å². The van der Waals surface area contributed by atoms with Gasteiger partial charge in [-0.25, -0.2) is 0 Å². The van der Waals surface area contributed by atoms with Crippen LogP contribution < -0.4 is 5.32 Å². The van der Waals surface area contributed by atoms with Crippen LogP contribution >= 0.6 is 0 Å². The first-order chi connectivity index (χ1) is 11.0. The van der Waals surface area contributed by atoms with E-state index in [0.29, 0.717) is 23.8 Å².